The van der Waals surface area contributed by atoms with E-state index >= 15 is 0 Å². The molecule has 2 unspecified atom stereocenters. The second kappa shape index (κ2) is 4.64. The highest BCUT2D eigenvalue weighted by molar-refractivity contribution is 9.10. The van der Waals surface area contributed by atoms with Crippen molar-refractivity contribution in [3.8, 4) is 0 Å². The Labute approximate surface area is 114 Å². The van der Waals surface area contributed by atoms with Crippen LogP contribution < -0.4 is 10.6 Å². The molecule has 96 valence electrons. The standard InChI is InChI=1S/C13H15BrN2O2/c14-10-4-2-9(3-5-10)11-12(17)16-13(15-11)6-1-7-18-8-13/h2-5,11,15H,1,6-8H2,(H,16,17). The summed E-state index contributed by atoms with van der Waals surface area (Å²) in [4.78, 5) is 12.1. The van der Waals surface area contributed by atoms with Crippen LogP contribution in [0, 0.1) is 0 Å². The van der Waals surface area contributed by atoms with Crippen molar-refractivity contribution in [3.05, 3.63) is 34.3 Å². The number of hydrogen-bond acceptors (Lipinski definition) is 3. The van der Waals surface area contributed by atoms with Crippen molar-refractivity contribution in [2.24, 2.45) is 0 Å². The van der Waals surface area contributed by atoms with Crippen molar-refractivity contribution in [2.75, 3.05) is 13.2 Å². The minimum Gasteiger partial charge on any atom is -0.378 e. The SMILES string of the molecule is O=C1NC2(CCCOC2)NC1c1ccc(Br)cc1. The summed E-state index contributed by atoms with van der Waals surface area (Å²) >= 11 is 3.40. The van der Waals surface area contributed by atoms with Gasteiger partial charge >= 0.3 is 0 Å². The van der Waals surface area contributed by atoms with E-state index in [1.54, 1.807) is 0 Å². The summed E-state index contributed by atoms with van der Waals surface area (Å²) < 4.78 is 6.49. The molecule has 1 aromatic rings. The van der Waals surface area contributed by atoms with Crippen LogP contribution in [0.1, 0.15) is 24.4 Å². The van der Waals surface area contributed by atoms with Crippen LogP contribution >= 0.6 is 15.9 Å². The molecule has 1 aromatic carbocycles. The van der Waals surface area contributed by atoms with Gasteiger partial charge in [0, 0.05) is 11.1 Å². The maximum absolute atomic E-state index is 12.1. The summed E-state index contributed by atoms with van der Waals surface area (Å²) in [5.74, 6) is 0.0304. The van der Waals surface area contributed by atoms with E-state index in [0.29, 0.717) is 6.61 Å². The highest BCUT2D eigenvalue weighted by atomic mass is 79.9. The van der Waals surface area contributed by atoms with E-state index in [-0.39, 0.29) is 17.6 Å². The zero-order chi connectivity index (χ0) is 12.6. The Morgan fingerprint density at radius 2 is 2.11 bits per heavy atom. The molecule has 2 aliphatic heterocycles. The first kappa shape index (κ1) is 12.1. The van der Waals surface area contributed by atoms with E-state index in [4.69, 9.17) is 4.74 Å². The van der Waals surface area contributed by atoms with E-state index in [9.17, 15) is 4.79 Å². The topological polar surface area (TPSA) is 50.4 Å². The van der Waals surface area contributed by atoms with Crippen molar-refractivity contribution in [3.63, 3.8) is 0 Å². The summed E-state index contributed by atoms with van der Waals surface area (Å²) in [6.07, 6.45) is 1.89. The van der Waals surface area contributed by atoms with Gasteiger partial charge in [0.1, 0.15) is 11.7 Å². The fraction of sp³-hybridized carbons (Fsp3) is 0.462. The number of carbonyl (C=O) groups is 1. The van der Waals surface area contributed by atoms with Crippen LogP contribution in [0.4, 0.5) is 0 Å². The van der Waals surface area contributed by atoms with Gasteiger partial charge in [0.05, 0.1) is 6.61 Å². The van der Waals surface area contributed by atoms with Gasteiger partial charge in [-0.2, -0.15) is 0 Å². The van der Waals surface area contributed by atoms with Crippen LogP contribution in [0.15, 0.2) is 28.7 Å². The van der Waals surface area contributed by atoms with Crippen LogP contribution in [0.5, 0.6) is 0 Å². The number of halogens is 1. The molecular weight excluding hydrogens is 296 g/mol. The number of hydrogen-bond donors (Lipinski definition) is 2. The molecule has 18 heavy (non-hydrogen) atoms. The highest BCUT2D eigenvalue weighted by Crippen LogP contribution is 2.28. The fourth-order valence-electron chi connectivity index (χ4n) is 2.58. The molecular formula is C13H15BrN2O2. The molecule has 2 fully saturated rings. The molecule has 0 bridgehead atoms. The maximum Gasteiger partial charge on any atom is 0.243 e. The van der Waals surface area contributed by atoms with Gasteiger partial charge in [-0.3, -0.25) is 10.1 Å². The Hall–Kier alpha value is -0.910. The molecule has 3 rings (SSSR count). The number of carbonyl (C=O) groups excluding carboxylic acids is 1. The van der Waals surface area contributed by atoms with Gasteiger partial charge in [-0.15, -0.1) is 0 Å². The molecule has 1 amide bonds. The van der Waals surface area contributed by atoms with Crippen LogP contribution in [0.3, 0.4) is 0 Å². The molecule has 0 saturated carbocycles. The number of nitrogens with one attached hydrogen (secondary N) is 2. The summed E-state index contributed by atoms with van der Waals surface area (Å²) in [5.41, 5.74) is 0.616. The van der Waals surface area contributed by atoms with Crippen molar-refractivity contribution in [1.29, 1.82) is 0 Å². The smallest absolute Gasteiger partial charge is 0.243 e. The molecule has 2 heterocycles. The molecule has 2 saturated heterocycles. The first-order chi connectivity index (χ1) is 8.69. The fourth-order valence-corrected chi connectivity index (χ4v) is 2.85. The van der Waals surface area contributed by atoms with Crippen molar-refractivity contribution in [1.82, 2.24) is 10.6 Å². The molecule has 2 N–H and O–H groups in total. The van der Waals surface area contributed by atoms with Crippen LogP contribution in [0.25, 0.3) is 0 Å². The third-order valence-electron chi connectivity index (χ3n) is 3.49. The van der Waals surface area contributed by atoms with E-state index in [2.05, 4.69) is 26.6 Å². The molecule has 0 aliphatic carbocycles. The Morgan fingerprint density at radius 3 is 2.78 bits per heavy atom. The monoisotopic (exact) mass is 310 g/mol. The Morgan fingerprint density at radius 1 is 1.33 bits per heavy atom. The van der Waals surface area contributed by atoms with Gasteiger partial charge in [0.25, 0.3) is 0 Å². The van der Waals surface area contributed by atoms with E-state index in [1.807, 2.05) is 24.3 Å². The minimum absolute atomic E-state index is 0.0304. The zero-order valence-corrected chi connectivity index (χ0v) is 11.5. The lowest BCUT2D eigenvalue weighted by molar-refractivity contribution is -0.121. The quantitative estimate of drug-likeness (QED) is 0.830. The van der Waals surface area contributed by atoms with Crippen molar-refractivity contribution in [2.45, 2.75) is 24.5 Å². The van der Waals surface area contributed by atoms with E-state index in [1.165, 1.54) is 0 Å². The van der Waals surface area contributed by atoms with Gasteiger partial charge in [0.2, 0.25) is 5.91 Å². The number of rotatable bonds is 1. The third-order valence-corrected chi connectivity index (χ3v) is 4.02. The molecule has 4 nitrogen and oxygen atoms in total. The second-order valence-electron chi connectivity index (χ2n) is 4.86. The van der Waals surface area contributed by atoms with Crippen LogP contribution in [0.2, 0.25) is 0 Å². The molecule has 5 heteroatoms. The predicted molar refractivity (Wildman–Crippen MR) is 70.9 cm³/mol. The van der Waals surface area contributed by atoms with Gasteiger partial charge in [-0.05, 0) is 30.5 Å². The average Bonchev–Trinajstić information content (AvgIpc) is 2.68. The van der Waals surface area contributed by atoms with Gasteiger partial charge in [-0.1, -0.05) is 28.1 Å². The van der Waals surface area contributed by atoms with Gasteiger partial charge in [-0.25, -0.2) is 0 Å². The lowest BCUT2D eigenvalue weighted by Gasteiger charge is -2.33. The normalized spacial score (nSPS) is 31.6. The molecule has 0 radical (unpaired) electrons. The summed E-state index contributed by atoms with van der Waals surface area (Å²) in [6, 6.07) is 7.55. The number of ether oxygens (including phenoxy) is 1. The van der Waals surface area contributed by atoms with Crippen molar-refractivity contribution >= 4 is 21.8 Å². The maximum atomic E-state index is 12.1. The molecule has 1 spiro atoms. The Balaban J connectivity index is 1.82. The highest BCUT2D eigenvalue weighted by Gasteiger charge is 2.45. The molecule has 2 atom stereocenters. The predicted octanol–water partition coefficient (Wildman–Crippen LogP) is 1.72. The average molecular weight is 311 g/mol. The van der Waals surface area contributed by atoms with E-state index in [0.717, 1.165) is 29.5 Å². The summed E-state index contributed by atoms with van der Waals surface area (Å²) in [6.45, 7) is 1.33. The number of amides is 1. The lowest BCUT2D eigenvalue weighted by atomic mass is 10.0. The first-order valence-corrected chi connectivity index (χ1v) is 6.91. The summed E-state index contributed by atoms with van der Waals surface area (Å²) in [5, 5.41) is 6.44. The molecule has 2 aliphatic rings. The Bertz CT molecular complexity index is 455. The Kier molecular flexibility index (Phi) is 3.13. The summed E-state index contributed by atoms with van der Waals surface area (Å²) in [7, 11) is 0. The lowest BCUT2D eigenvalue weighted by Crippen LogP contribution is -2.55. The first-order valence-electron chi connectivity index (χ1n) is 6.11. The van der Waals surface area contributed by atoms with Crippen LogP contribution in [-0.4, -0.2) is 24.8 Å². The minimum atomic E-state index is -0.368. The van der Waals surface area contributed by atoms with E-state index < -0.39 is 0 Å². The third kappa shape index (κ3) is 2.18. The second-order valence-corrected chi connectivity index (χ2v) is 5.77. The molecule has 0 aromatic heterocycles. The number of benzene rings is 1. The van der Waals surface area contributed by atoms with Gasteiger partial charge in [0.15, 0.2) is 0 Å². The van der Waals surface area contributed by atoms with Crippen LogP contribution in [-0.2, 0) is 9.53 Å². The zero-order valence-electron chi connectivity index (χ0n) is 9.91. The largest absolute Gasteiger partial charge is 0.378 e. The van der Waals surface area contributed by atoms with Gasteiger partial charge < -0.3 is 10.1 Å². The van der Waals surface area contributed by atoms with Crippen molar-refractivity contribution < 1.29 is 9.53 Å².